The second-order valence-corrected chi connectivity index (χ2v) is 10.7. The lowest BCUT2D eigenvalue weighted by atomic mass is 10.1. The Balaban J connectivity index is 1.34. The molecule has 1 saturated heterocycles. The van der Waals surface area contributed by atoms with Crippen molar-refractivity contribution in [2.75, 3.05) is 11.9 Å². The predicted molar refractivity (Wildman–Crippen MR) is 134 cm³/mol. The Morgan fingerprint density at radius 1 is 1.21 bits per heavy atom. The van der Waals surface area contributed by atoms with Gasteiger partial charge < -0.3 is 10.4 Å². The largest absolute Gasteiger partial charge is 0.508 e. The number of nitrogens with one attached hydrogen (secondary N) is 1. The van der Waals surface area contributed by atoms with E-state index < -0.39 is 0 Å². The number of hydrogen-bond donors (Lipinski definition) is 2. The Kier molecular flexibility index (Phi) is 6.30. The van der Waals surface area contributed by atoms with Crippen LogP contribution in [0, 0.1) is 6.92 Å². The zero-order valence-corrected chi connectivity index (χ0v) is 19.8. The number of phenols is 1. The highest BCUT2D eigenvalue weighted by Gasteiger charge is 2.37. The molecule has 0 aliphatic carbocycles. The van der Waals surface area contributed by atoms with Crippen LogP contribution in [-0.4, -0.2) is 43.7 Å². The molecule has 2 aromatic heterocycles. The topological polar surface area (TPSA) is 78.4 Å². The summed E-state index contributed by atoms with van der Waals surface area (Å²) < 4.78 is 1.12. The van der Waals surface area contributed by atoms with E-state index in [1.807, 2.05) is 55.5 Å². The first kappa shape index (κ1) is 21.9. The summed E-state index contributed by atoms with van der Waals surface area (Å²) in [6.07, 6.45) is 2.54. The van der Waals surface area contributed by atoms with Crippen LogP contribution >= 0.6 is 23.1 Å². The van der Waals surface area contributed by atoms with E-state index >= 15 is 0 Å². The Bertz CT molecular complexity index is 1260. The standard InChI is InChI=1S/C25H24N4O2S2/c1-16-27-21-12-18(7-10-23(21)32-16)28-25(31)22-13-20(33-24-4-2-3-11-26-24)15-29(22)14-17-5-8-19(30)9-6-17/h2-12,20,22,30H,13-15H2,1H3,(H,28,31)/t20-,22+/m1/s1. The third-order valence-electron chi connectivity index (χ3n) is 5.68. The number of pyridine rings is 1. The van der Waals surface area contributed by atoms with Crippen molar-refractivity contribution in [3.63, 3.8) is 0 Å². The third kappa shape index (κ3) is 5.19. The number of aromatic nitrogens is 2. The number of aryl methyl sites for hydroxylation is 1. The fourth-order valence-electron chi connectivity index (χ4n) is 4.16. The second-order valence-electron chi connectivity index (χ2n) is 8.16. The van der Waals surface area contributed by atoms with E-state index in [0.29, 0.717) is 6.54 Å². The average Bonchev–Trinajstić information content (AvgIpc) is 3.37. The fraction of sp³-hybridized carbons (Fsp3) is 0.240. The molecule has 1 fully saturated rings. The fourth-order valence-corrected chi connectivity index (χ4v) is 6.14. The zero-order valence-electron chi connectivity index (χ0n) is 18.1. The number of thiazole rings is 1. The van der Waals surface area contributed by atoms with Crippen molar-refractivity contribution >= 4 is 44.9 Å². The van der Waals surface area contributed by atoms with Crippen molar-refractivity contribution in [2.45, 2.75) is 36.2 Å². The molecule has 0 radical (unpaired) electrons. The number of benzene rings is 2. The van der Waals surface area contributed by atoms with E-state index in [4.69, 9.17) is 0 Å². The highest BCUT2D eigenvalue weighted by molar-refractivity contribution is 7.99. The molecule has 6 nitrogen and oxygen atoms in total. The van der Waals surface area contributed by atoms with Gasteiger partial charge in [-0.1, -0.05) is 18.2 Å². The quantitative estimate of drug-likeness (QED) is 0.404. The van der Waals surface area contributed by atoms with Crippen molar-refractivity contribution in [1.29, 1.82) is 0 Å². The van der Waals surface area contributed by atoms with E-state index in [2.05, 4.69) is 20.2 Å². The normalized spacial score (nSPS) is 18.6. The van der Waals surface area contributed by atoms with Crippen LogP contribution in [0.1, 0.15) is 17.0 Å². The van der Waals surface area contributed by atoms with Crippen molar-refractivity contribution in [1.82, 2.24) is 14.9 Å². The maximum Gasteiger partial charge on any atom is 0.241 e. The predicted octanol–water partition coefficient (Wildman–Crippen LogP) is 5.08. The Hall–Kier alpha value is -2.94. The number of rotatable bonds is 6. The minimum Gasteiger partial charge on any atom is -0.508 e. The van der Waals surface area contributed by atoms with Gasteiger partial charge in [-0.05, 0) is 61.4 Å². The van der Waals surface area contributed by atoms with Gasteiger partial charge in [0.25, 0.3) is 0 Å². The monoisotopic (exact) mass is 476 g/mol. The summed E-state index contributed by atoms with van der Waals surface area (Å²) in [4.78, 5) is 24.6. The van der Waals surface area contributed by atoms with Crippen molar-refractivity contribution in [3.05, 3.63) is 77.4 Å². The summed E-state index contributed by atoms with van der Waals surface area (Å²) in [7, 11) is 0. The molecule has 0 unspecified atom stereocenters. The van der Waals surface area contributed by atoms with Gasteiger partial charge in [-0.25, -0.2) is 9.97 Å². The molecule has 33 heavy (non-hydrogen) atoms. The molecule has 2 N–H and O–H groups in total. The lowest BCUT2D eigenvalue weighted by molar-refractivity contribution is -0.120. The van der Waals surface area contributed by atoms with Crippen LogP contribution in [0.5, 0.6) is 5.75 Å². The number of aromatic hydroxyl groups is 1. The van der Waals surface area contributed by atoms with E-state index in [0.717, 1.165) is 44.5 Å². The SMILES string of the molecule is Cc1nc2cc(NC(=O)[C@@H]3C[C@@H](Sc4ccccn4)CN3Cc3ccc(O)cc3)ccc2s1. The van der Waals surface area contributed by atoms with Crippen molar-refractivity contribution in [3.8, 4) is 5.75 Å². The van der Waals surface area contributed by atoms with Gasteiger partial charge in [0.15, 0.2) is 0 Å². The number of phenolic OH excluding ortho intramolecular Hbond substituents is 1. The first-order valence-corrected chi connectivity index (χ1v) is 12.5. The Morgan fingerprint density at radius 2 is 2.06 bits per heavy atom. The molecule has 8 heteroatoms. The van der Waals surface area contributed by atoms with E-state index in [1.54, 1.807) is 41.4 Å². The number of thioether (sulfide) groups is 1. The molecule has 0 bridgehead atoms. The van der Waals surface area contributed by atoms with E-state index in [-0.39, 0.29) is 22.9 Å². The number of hydrogen-bond acceptors (Lipinski definition) is 7. The van der Waals surface area contributed by atoms with Crippen LogP contribution in [0.25, 0.3) is 10.2 Å². The van der Waals surface area contributed by atoms with Crippen molar-refractivity contribution < 1.29 is 9.90 Å². The van der Waals surface area contributed by atoms with Crippen molar-refractivity contribution in [2.24, 2.45) is 0 Å². The number of likely N-dealkylation sites (tertiary alicyclic amines) is 1. The van der Waals surface area contributed by atoms with Gasteiger partial charge in [0.2, 0.25) is 5.91 Å². The van der Waals surface area contributed by atoms with Crippen LogP contribution in [0.15, 0.2) is 71.9 Å². The van der Waals surface area contributed by atoms with Gasteiger partial charge in [-0.2, -0.15) is 0 Å². The molecular weight excluding hydrogens is 452 g/mol. The molecule has 5 rings (SSSR count). The summed E-state index contributed by atoms with van der Waals surface area (Å²) in [5.41, 5.74) is 2.74. The Labute approximate surface area is 200 Å². The van der Waals surface area contributed by atoms with Gasteiger partial charge in [-0.3, -0.25) is 9.69 Å². The van der Waals surface area contributed by atoms with Gasteiger partial charge >= 0.3 is 0 Å². The smallest absolute Gasteiger partial charge is 0.241 e. The molecule has 2 aromatic carbocycles. The molecular formula is C25H24N4O2S2. The molecule has 168 valence electrons. The number of anilines is 1. The summed E-state index contributed by atoms with van der Waals surface area (Å²) in [5.74, 6) is 0.231. The minimum absolute atomic E-state index is 0.01000. The maximum absolute atomic E-state index is 13.4. The highest BCUT2D eigenvalue weighted by atomic mass is 32.2. The summed E-state index contributed by atoms with van der Waals surface area (Å²) in [5, 5.41) is 15.0. The number of carbonyl (C=O) groups is 1. The van der Waals surface area contributed by atoms with Crippen LogP contribution < -0.4 is 5.32 Å². The molecule has 2 atom stereocenters. The highest BCUT2D eigenvalue weighted by Crippen LogP contribution is 2.34. The number of carbonyl (C=O) groups excluding carboxylic acids is 1. The third-order valence-corrected chi connectivity index (χ3v) is 7.79. The molecule has 3 heterocycles. The molecule has 1 aliphatic heterocycles. The van der Waals surface area contributed by atoms with Gasteiger partial charge in [0.05, 0.1) is 26.3 Å². The van der Waals surface area contributed by atoms with Crippen LogP contribution in [-0.2, 0) is 11.3 Å². The molecule has 1 aliphatic rings. The second kappa shape index (κ2) is 9.51. The maximum atomic E-state index is 13.4. The molecule has 0 spiro atoms. The number of nitrogens with zero attached hydrogens (tertiary/aromatic N) is 3. The van der Waals surface area contributed by atoms with Gasteiger partial charge in [0, 0.05) is 30.2 Å². The summed E-state index contributed by atoms with van der Waals surface area (Å²) >= 11 is 3.37. The van der Waals surface area contributed by atoms with Gasteiger partial charge in [-0.15, -0.1) is 23.1 Å². The molecule has 1 amide bonds. The lowest BCUT2D eigenvalue weighted by Crippen LogP contribution is -2.39. The zero-order chi connectivity index (χ0) is 22.8. The molecule has 4 aromatic rings. The van der Waals surface area contributed by atoms with E-state index in [9.17, 15) is 9.90 Å². The van der Waals surface area contributed by atoms with E-state index in [1.165, 1.54) is 0 Å². The number of amides is 1. The minimum atomic E-state index is -0.257. The summed E-state index contributed by atoms with van der Waals surface area (Å²) in [6.45, 7) is 3.41. The summed E-state index contributed by atoms with van der Waals surface area (Å²) in [6, 6.07) is 18.7. The lowest BCUT2D eigenvalue weighted by Gasteiger charge is -2.23. The first-order valence-electron chi connectivity index (χ1n) is 10.8. The number of fused-ring (bicyclic) bond motifs is 1. The van der Waals surface area contributed by atoms with Crippen LogP contribution in [0.2, 0.25) is 0 Å². The van der Waals surface area contributed by atoms with Gasteiger partial charge in [0.1, 0.15) is 5.75 Å². The van der Waals surface area contributed by atoms with Crippen LogP contribution in [0.3, 0.4) is 0 Å². The average molecular weight is 477 g/mol. The molecule has 0 saturated carbocycles. The Morgan fingerprint density at radius 3 is 2.85 bits per heavy atom. The van der Waals surface area contributed by atoms with Crippen LogP contribution in [0.4, 0.5) is 5.69 Å². The first-order chi connectivity index (χ1) is 16.0.